The van der Waals surface area contributed by atoms with Crippen molar-refractivity contribution in [3.8, 4) is 21.7 Å². The van der Waals surface area contributed by atoms with Gasteiger partial charge < -0.3 is 5.73 Å². The number of benzene rings is 1. The Balaban J connectivity index is 2.22. The molecule has 0 atom stereocenters. The second-order valence-corrected chi connectivity index (χ2v) is 6.37. The number of anilines is 1. The quantitative estimate of drug-likeness (QED) is 0.685. The number of H-pyrrole nitrogens is 1. The lowest BCUT2D eigenvalue weighted by Gasteiger charge is -2.07. The van der Waals surface area contributed by atoms with Crippen molar-refractivity contribution in [2.24, 2.45) is 0 Å². The van der Waals surface area contributed by atoms with E-state index in [-0.39, 0.29) is 0 Å². The number of nitrogens with zero attached hydrogens (tertiary/aromatic N) is 1. The predicted molar refractivity (Wildman–Crippen MR) is 91.1 cm³/mol. The second kappa shape index (κ2) is 5.72. The number of nitrogens with two attached hydrogens (primary N) is 1. The predicted octanol–water partition coefficient (Wildman–Crippen LogP) is 5.26. The van der Waals surface area contributed by atoms with Gasteiger partial charge >= 0.3 is 0 Å². The van der Waals surface area contributed by atoms with E-state index in [1.165, 1.54) is 5.56 Å². The van der Waals surface area contributed by atoms with Gasteiger partial charge in [-0.05, 0) is 35.6 Å². The van der Waals surface area contributed by atoms with Crippen LogP contribution < -0.4 is 5.73 Å². The van der Waals surface area contributed by atoms with Crippen molar-refractivity contribution in [2.45, 2.75) is 13.3 Å². The Morgan fingerprint density at radius 1 is 1.29 bits per heavy atom. The first-order valence-corrected chi connectivity index (χ1v) is 8.11. The van der Waals surface area contributed by atoms with E-state index in [0.29, 0.717) is 15.9 Å². The molecule has 3 rings (SSSR count). The van der Waals surface area contributed by atoms with Gasteiger partial charge in [0.2, 0.25) is 0 Å². The lowest BCUT2D eigenvalue weighted by molar-refractivity contribution is 1.10. The SMILES string of the molecule is CCc1ccsc1-c1[nH]nc(N)c1-c1ccc(Cl)cc1Cl. The summed E-state index contributed by atoms with van der Waals surface area (Å²) >= 11 is 14.0. The molecule has 2 heterocycles. The van der Waals surface area contributed by atoms with E-state index in [1.807, 2.05) is 6.07 Å². The summed E-state index contributed by atoms with van der Waals surface area (Å²) in [6, 6.07) is 7.50. The van der Waals surface area contributed by atoms with Gasteiger partial charge in [0.15, 0.2) is 5.82 Å². The number of aromatic nitrogens is 2. The Kier molecular flexibility index (Phi) is 3.93. The molecule has 3 aromatic rings. The van der Waals surface area contributed by atoms with Gasteiger partial charge in [-0.2, -0.15) is 5.10 Å². The van der Waals surface area contributed by atoms with Gasteiger partial charge in [-0.1, -0.05) is 36.2 Å². The van der Waals surface area contributed by atoms with Gasteiger partial charge in [-0.15, -0.1) is 11.3 Å². The van der Waals surface area contributed by atoms with Crippen LogP contribution in [0.15, 0.2) is 29.6 Å². The van der Waals surface area contributed by atoms with E-state index in [9.17, 15) is 0 Å². The van der Waals surface area contributed by atoms with Crippen LogP contribution in [0.1, 0.15) is 12.5 Å². The summed E-state index contributed by atoms with van der Waals surface area (Å²) in [6.07, 6.45) is 0.950. The average molecular weight is 338 g/mol. The summed E-state index contributed by atoms with van der Waals surface area (Å²) in [5.74, 6) is 0.435. The minimum atomic E-state index is 0.435. The molecule has 0 aliphatic rings. The molecular weight excluding hydrogens is 325 g/mol. The Morgan fingerprint density at radius 3 is 2.81 bits per heavy atom. The van der Waals surface area contributed by atoms with Gasteiger partial charge in [0, 0.05) is 10.6 Å². The fraction of sp³-hybridized carbons (Fsp3) is 0.133. The summed E-state index contributed by atoms with van der Waals surface area (Å²) < 4.78 is 0. The number of thiophene rings is 1. The van der Waals surface area contributed by atoms with E-state index in [0.717, 1.165) is 28.1 Å². The molecule has 1 aromatic carbocycles. The van der Waals surface area contributed by atoms with Gasteiger partial charge in [-0.25, -0.2) is 0 Å². The number of halogens is 2. The summed E-state index contributed by atoms with van der Waals surface area (Å²) in [4.78, 5) is 1.14. The third-order valence-corrected chi connectivity index (χ3v) is 4.87. The molecule has 0 aliphatic heterocycles. The van der Waals surface area contributed by atoms with E-state index in [4.69, 9.17) is 28.9 Å². The standard InChI is InChI=1S/C15H13Cl2N3S/c1-2-8-5-6-21-14(8)13-12(15(18)20-19-13)10-4-3-9(16)7-11(10)17/h3-7H,2H2,1H3,(H3,18,19,20). The molecule has 0 saturated heterocycles. The van der Waals surface area contributed by atoms with Crippen molar-refractivity contribution >= 4 is 40.4 Å². The molecule has 3 N–H and O–H groups in total. The zero-order valence-corrected chi connectivity index (χ0v) is 13.6. The Bertz CT molecular complexity index is 792. The Morgan fingerprint density at radius 2 is 2.10 bits per heavy atom. The highest BCUT2D eigenvalue weighted by Gasteiger charge is 2.19. The van der Waals surface area contributed by atoms with Crippen LogP contribution >= 0.6 is 34.5 Å². The third-order valence-electron chi connectivity index (χ3n) is 3.35. The molecule has 108 valence electrons. The molecule has 0 saturated carbocycles. The van der Waals surface area contributed by atoms with Gasteiger partial charge in [-0.3, -0.25) is 5.10 Å². The van der Waals surface area contributed by atoms with Crippen molar-refractivity contribution in [3.05, 3.63) is 45.3 Å². The highest BCUT2D eigenvalue weighted by atomic mass is 35.5. The minimum absolute atomic E-state index is 0.435. The number of nitrogen functional groups attached to an aromatic ring is 1. The van der Waals surface area contributed by atoms with Crippen LogP contribution in [0.2, 0.25) is 10.0 Å². The number of hydrogen-bond acceptors (Lipinski definition) is 3. The number of hydrogen-bond donors (Lipinski definition) is 2. The molecule has 0 radical (unpaired) electrons. The maximum absolute atomic E-state index is 6.32. The molecule has 0 amide bonds. The molecule has 21 heavy (non-hydrogen) atoms. The smallest absolute Gasteiger partial charge is 0.153 e. The van der Waals surface area contributed by atoms with E-state index >= 15 is 0 Å². The first kappa shape index (κ1) is 14.4. The fourth-order valence-electron chi connectivity index (χ4n) is 2.32. The van der Waals surface area contributed by atoms with Crippen LogP contribution in [-0.2, 0) is 6.42 Å². The van der Waals surface area contributed by atoms with Crippen molar-refractivity contribution in [2.75, 3.05) is 5.73 Å². The zero-order valence-electron chi connectivity index (χ0n) is 11.3. The molecule has 0 spiro atoms. The third kappa shape index (κ3) is 2.55. The topological polar surface area (TPSA) is 54.7 Å². The molecule has 0 fully saturated rings. The number of aromatic amines is 1. The normalized spacial score (nSPS) is 11.0. The maximum atomic E-state index is 6.32. The van der Waals surface area contributed by atoms with Crippen LogP contribution in [-0.4, -0.2) is 10.2 Å². The highest BCUT2D eigenvalue weighted by molar-refractivity contribution is 7.13. The second-order valence-electron chi connectivity index (χ2n) is 4.61. The summed E-state index contributed by atoms with van der Waals surface area (Å²) in [5.41, 5.74) is 9.87. The van der Waals surface area contributed by atoms with Crippen molar-refractivity contribution in [1.82, 2.24) is 10.2 Å². The molecule has 3 nitrogen and oxygen atoms in total. The summed E-state index contributed by atoms with van der Waals surface area (Å²) in [7, 11) is 0. The molecule has 0 bridgehead atoms. The lowest BCUT2D eigenvalue weighted by atomic mass is 10.0. The maximum Gasteiger partial charge on any atom is 0.153 e. The largest absolute Gasteiger partial charge is 0.382 e. The van der Waals surface area contributed by atoms with Crippen LogP contribution in [0, 0.1) is 0 Å². The van der Waals surface area contributed by atoms with Crippen molar-refractivity contribution in [3.63, 3.8) is 0 Å². The van der Waals surface area contributed by atoms with Crippen LogP contribution in [0.25, 0.3) is 21.7 Å². The highest BCUT2D eigenvalue weighted by Crippen LogP contribution is 2.42. The first-order chi connectivity index (χ1) is 10.1. The van der Waals surface area contributed by atoms with Gasteiger partial charge in [0.25, 0.3) is 0 Å². The lowest BCUT2D eigenvalue weighted by Crippen LogP contribution is -1.90. The molecule has 6 heteroatoms. The number of aryl methyl sites for hydroxylation is 1. The minimum Gasteiger partial charge on any atom is -0.382 e. The summed E-state index contributed by atoms with van der Waals surface area (Å²) in [5, 5.41) is 10.4. The fourth-order valence-corrected chi connectivity index (χ4v) is 3.82. The van der Waals surface area contributed by atoms with Crippen molar-refractivity contribution in [1.29, 1.82) is 0 Å². The van der Waals surface area contributed by atoms with Gasteiger partial charge in [0.05, 0.1) is 21.2 Å². The molecule has 2 aromatic heterocycles. The molecule has 0 aliphatic carbocycles. The van der Waals surface area contributed by atoms with E-state index in [2.05, 4.69) is 28.6 Å². The van der Waals surface area contributed by atoms with E-state index < -0.39 is 0 Å². The zero-order chi connectivity index (χ0) is 15.0. The number of nitrogens with one attached hydrogen (secondary N) is 1. The van der Waals surface area contributed by atoms with Crippen molar-refractivity contribution < 1.29 is 0 Å². The average Bonchev–Trinajstić information content (AvgIpc) is 3.05. The summed E-state index contributed by atoms with van der Waals surface area (Å²) in [6.45, 7) is 2.13. The first-order valence-electron chi connectivity index (χ1n) is 6.47. The molecular formula is C15H13Cl2N3S. The Labute approximate surface area is 136 Å². The van der Waals surface area contributed by atoms with E-state index in [1.54, 1.807) is 23.5 Å². The van der Waals surface area contributed by atoms with Gasteiger partial charge in [0.1, 0.15) is 0 Å². The monoisotopic (exact) mass is 337 g/mol. The van der Waals surface area contributed by atoms with Crippen LogP contribution in [0.5, 0.6) is 0 Å². The van der Waals surface area contributed by atoms with Crippen LogP contribution in [0.3, 0.4) is 0 Å². The molecule has 0 unspecified atom stereocenters. The Hall–Kier alpha value is -1.49. The van der Waals surface area contributed by atoms with Crippen LogP contribution in [0.4, 0.5) is 5.82 Å². The number of rotatable bonds is 3.